The van der Waals surface area contributed by atoms with Gasteiger partial charge in [0.2, 0.25) is 5.91 Å². The zero-order valence-corrected chi connectivity index (χ0v) is 13.3. The fourth-order valence-corrected chi connectivity index (χ4v) is 5.90. The summed E-state index contributed by atoms with van der Waals surface area (Å²) in [5.74, 6) is 0.688. The third-order valence-corrected chi connectivity index (χ3v) is 8.62. The average Bonchev–Trinajstić information content (AvgIpc) is 2.69. The topological polar surface area (TPSA) is 72.6 Å². The number of carbonyl (C=O) groups is 2. The van der Waals surface area contributed by atoms with Gasteiger partial charge in [0, 0.05) is 19.9 Å². The van der Waals surface area contributed by atoms with Gasteiger partial charge in [-0.05, 0) is 24.9 Å². The first kappa shape index (κ1) is 16.2. The molecule has 0 spiro atoms. The molecule has 5 nitrogen and oxygen atoms in total. The van der Waals surface area contributed by atoms with E-state index in [0.717, 1.165) is 12.2 Å². The quantitative estimate of drug-likeness (QED) is 0.610. The van der Waals surface area contributed by atoms with Crippen LogP contribution >= 0.6 is 22.2 Å². The van der Waals surface area contributed by atoms with Crippen LogP contribution in [0, 0.1) is 0 Å². The van der Waals surface area contributed by atoms with Gasteiger partial charge in [-0.15, -0.1) is 0 Å². The van der Waals surface area contributed by atoms with Gasteiger partial charge in [-0.3, -0.25) is 9.59 Å². The van der Waals surface area contributed by atoms with E-state index in [4.69, 9.17) is 18.0 Å². The number of nitrogens with two attached hydrogens (primary N) is 1. The number of carbonyl (C=O) groups excluding carboxylic acids is 2. The van der Waals surface area contributed by atoms with Crippen molar-refractivity contribution < 1.29 is 14.3 Å². The van der Waals surface area contributed by atoms with Crippen molar-refractivity contribution in [3.8, 4) is 0 Å². The molecule has 19 heavy (non-hydrogen) atoms. The first-order valence-corrected chi connectivity index (χ1v) is 8.88. The van der Waals surface area contributed by atoms with Gasteiger partial charge in [-0.1, -0.05) is 12.2 Å². The molecule has 0 aromatic rings. The van der Waals surface area contributed by atoms with Crippen LogP contribution < -0.4 is 5.73 Å². The summed E-state index contributed by atoms with van der Waals surface area (Å²) in [7, 11) is 1.78. The molecule has 2 atom stereocenters. The number of hydrogen-bond acceptors (Lipinski definition) is 4. The molecule has 1 aliphatic heterocycles. The van der Waals surface area contributed by atoms with Gasteiger partial charge >= 0.3 is 5.97 Å². The first-order valence-electron chi connectivity index (χ1n) is 6.19. The number of nitrogens with zero attached hydrogens (tertiary/aromatic N) is 1. The number of methoxy groups -OCH3 is 1. The van der Waals surface area contributed by atoms with E-state index < -0.39 is 10.0 Å². The van der Waals surface area contributed by atoms with Crippen molar-refractivity contribution in [2.24, 2.45) is 5.73 Å². The number of likely N-dealkylation sites (tertiary alicyclic amines) is 1. The number of esters is 1. The SMILES string of the molecule is COC(=O)CCCS(C)(C(N)=S)C1CCC(=O)N1C. The molecule has 1 saturated heterocycles. The second-order valence-corrected chi connectivity index (χ2v) is 9.26. The second-order valence-electron chi connectivity index (χ2n) is 4.86. The second kappa shape index (κ2) is 6.56. The number of thiocarbonyl (C=S) groups is 1. The Balaban J connectivity index is 2.72. The van der Waals surface area contributed by atoms with Crippen LogP contribution in [0.4, 0.5) is 0 Å². The Morgan fingerprint density at radius 1 is 1.63 bits per heavy atom. The van der Waals surface area contributed by atoms with Gasteiger partial charge in [0.15, 0.2) is 0 Å². The molecule has 0 aromatic heterocycles. The molecule has 2 N–H and O–H groups in total. The van der Waals surface area contributed by atoms with Crippen LogP contribution in [0.25, 0.3) is 0 Å². The van der Waals surface area contributed by atoms with Crippen molar-refractivity contribution in [1.29, 1.82) is 0 Å². The molecule has 1 amide bonds. The molecule has 7 heteroatoms. The zero-order valence-electron chi connectivity index (χ0n) is 11.7. The number of rotatable bonds is 5. The lowest BCUT2D eigenvalue weighted by molar-refractivity contribution is -0.140. The van der Waals surface area contributed by atoms with E-state index in [1.54, 1.807) is 4.90 Å². The summed E-state index contributed by atoms with van der Waals surface area (Å²) < 4.78 is 5.12. The highest BCUT2D eigenvalue weighted by atomic mass is 32.3. The Hall–Kier alpha value is -0.820. The Labute approximate surface area is 121 Å². The molecular weight excluding hydrogens is 284 g/mol. The maximum Gasteiger partial charge on any atom is 0.305 e. The Bertz CT molecular complexity index is 389. The number of ether oxygens (including phenoxy) is 1. The lowest BCUT2D eigenvalue weighted by atomic mass is 10.3. The molecule has 1 aliphatic rings. The number of hydrogen-bond donors (Lipinski definition) is 1. The summed E-state index contributed by atoms with van der Waals surface area (Å²) in [4.78, 5) is 24.6. The van der Waals surface area contributed by atoms with E-state index in [1.165, 1.54) is 7.11 Å². The summed E-state index contributed by atoms with van der Waals surface area (Å²) >= 11 is 5.23. The van der Waals surface area contributed by atoms with Gasteiger partial charge in [-0.2, -0.15) is 10.0 Å². The van der Waals surface area contributed by atoms with Crippen LogP contribution in [0.2, 0.25) is 0 Å². The molecule has 0 radical (unpaired) electrons. The minimum atomic E-state index is -1.41. The van der Waals surface area contributed by atoms with Crippen LogP contribution in [0.15, 0.2) is 0 Å². The molecule has 2 unspecified atom stereocenters. The highest BCUT2D eigenvalue weighted by Gasteiger charge is 2.40. The minimum Gasteiger partial charge on any atom is -0.469 e. The van der Waals surface area contributed by atoms with Crippen LogP contribution in [-0.2, 0) is 14.3 Å². The van der Waals surface area contributed by atoms with E-state index in [2.05, 4.69) is 11.0 Å². The predicted octanol–water partition coefficient (Wildman–Crippen LogP) is 1.20. The number of amides is 1. The molecule has 110 valence electrons. The van der Waals surface area contributed by atoms with Gasteiger partial charge in [0.25, 0.3) is 0 Å². The standard InChI is InChI=1S/C12H22N2O3S2/c1-14-9(15)6-7-10(14)19(3,12(13)18)8-4-5-11(16)17-2/h10H,4-8H2,1-3H3,(H2,13,18). The molecule has 0 saturated carbocycles. The maximum absolute atomic E-state index is 11.7. The van der Waals surface area contributed by atoms with E-state index in [-0.39, 0.29) is 17.3 Å². The first-order chi connectivity index (χ1) is 8.82. The summed E-state index contributed by atoms with van der Waals surface area (Å²) in [6.07, 6.45) is 4.48. The maximum atomic E-state index is 11.7. The predicted molar refractivity (Wildman–Crippen MR) is 82.2 cm³/mol. The fourth-order valence-electron chi connectivity index (χ4n) is 2.38. The minimum absolute atomic E-state index is 0.107. The Morgan fingerprint density at radius 3 is 2.68 bits per heavy atom. The smallest absolute Gasteiger partial charge is 0.305 e. The zero-order chi connectivity index (χ0) is 14.6. The van der Waals surface area contributed by atoms with Gasteiger partial charge < -0.3 is 15.4 Å². The van der Waals surface area contributed by atoms with E-state index in [9.17, 15) is 9.59 Å². The third-order valence-electron chi connectivity index (χ3n) is 3.67. The molecule has 0 bridgehead atoms. The highest BCUT2D eigenvalue weighted by Crippen LogP contribution is 2.54. The normalized spacial score (nSPS) is 23.8. The van der Waals surface area contributed by atoms with E-state index >= 15 is 0 Å². The van der Waals surface area contributed by atoms with Crippen molar-refractivity contribution in [3.05, 3.63) is 0 Å². The summed E-state index contributed by atoms with van der Waals surface area (Å²) in [6, 6.07) is 0. The van der Waals surface area contributed by atoms with Crippen molar-refractivity contribution >= 4 is 38.4 Å². The van der Waals surface area contributed by atoms with Gasteiger partial charge in [0.05, 0.1) is 12.5 Å². The van der Waals surface area contributed by atoms with Crippen molar-refractivity contribution in [1.82, 2.24) is 4.90 Å². The third kappa shape index (κ3) is 3.60. The summed E-state index contributed by atoms with van der Waals surface area (Å²) in [5.41, 5.74) is 5.92. The average molecular weight is 306 g/mol. The van der Waals surface area contributed by atoms with Crippen molar-refractivity contribution in [2.45, 2.75) is 31.1 Å². The Kier molecular flexibility index (Phi) is 5.61. The summed E-state index contributed by atoms with van der Waals surface area (Å²) in [6.45, 7) is 0. The molecule has 1 heterocycles. The monoisotopic (exact) mass is 306 g/mol. The van der Waals surface area contributed by atoms with Crippen LogP contribution in [0.1, 0.15) is 25.7 Å². The van der Waals surface area contributed by atoms with Crippen molar-refractivity contribution in [3.63, 3.8) is 0 Å². The van der Waals surface area contributed by atoms with Crippen molar-refractivity contribution in [2.75, 3.05) is 26.2 Å². The fraction of sp³-hybridized carbons (Fsp3) is 0.750. The van der Waals surface area contributed by atoms with Gasteiger partial charge in [0.1, 0.15) is 4.32 Å². The molecule has 0 aliphatic carbocycles. The highest BCUT2D eigenvalue weighted by molar-refractivity contribution is 8.49. The van der Waals surface area contributed by atoms with E-state index in [1.807, 2.05) is 7.05 Å². The molecule has 1 rings (SSSR count). The Morgan fingerprint density at radius 2 is 2.26 bits per heavy atom. The lowest BCUT2D eigenvalue weighted by Gasteiger charge is -2.43. The lowest BCUT2D eigenvalue weighted by Crippen LogP contribution is -2.39. The van der Waals surface area contributed by atoms with Crippen LogP contribution in [-0.4, -0.2) is 52.6 Å². The largest absolute Gasteiger partial charge is 0.469 e. The van der Waals surface area contributed by atoms with E-state index in [0.29, 0.717) is 23.6 Å². The van der Waals surface area contributed by atoms with Crippen LogP contribution in [0.5, 0.6) is 0 Å². The molecular formula is C12H22N2O3S2. The summed E-state index contributed by atoms with van der Waals surface area (Å²) in [5, 5.41) is 0.107. The van der Waals surface area contributed by atoms with Gasteiger partial charge in [-0.25, -0.2) is 0 Å². The molecule has 0 aromatic carbocycles. The van der Waals surface area contributed by atoms with Crippen LogP contribution in [0.3, 0.4) is 0 Å². The molecule has 1 fully saturated rings.